The van der Waals surface area contributed by atoms with E-state index in [-0.39, 0.29) is 10.2 Å². The Hall–Kier alpha value is -2.06. The van der Waals surface area contributed by atoms with Crippen LogP contribution in [0.15, 0.2) is 54.1 Å². The van der Waals surface area contributed by atoms with Crippen molar-refractivity contribution in [2.45, 2.75) is 74.0 Å². The third-order valence-electron chi connectivity index (χ3n) is 10.0. The van der Waals surface area contributed by atoms with Crippen molar-refractivity contribution in [3.63, 3.8) is 0 Å². The first-order valence-corrected chi connectivity index (χ1v) is 15.3. The molecule has 0 bridgehead atoms. The number of thioether (sulfide) groups is 1. The van der Waals surface area contributed by atoms with E-state index in [4.69, 9.17) is 10.5 Å². The van der Waals surface area contributed by atoms with Crippen LogP contribution in [0.5, 0.6) is 5.75 Å². The second kappa shape index (κ2) is 10.2. The standard InChI is InChI=1S/C31H38BNO4S/c1-38-31-14-11-22(17-26(31)29(31)23-3-2-4-24(16-23)32(35)36)27(34)7-5-20-9-12-30(13-10-20)19-37-28-8-6-21(18-33)15-25(28)30/h2-4,6,8,15-17,20,26,29,35-36H,5,7,9-14,18-19,33H2,1H3. The maximum atomic E-state index is 13.3. The second-order valence-corrected chi connectivity index (χ2v) is 13.1. The van der Waals surface area contributed by atoms with Crippen molar-refractivity contribution in [2.75, 3.05) is 12.9 Å². The van der Waals surface area contributed by atoms with Crippen molar-refractivity contribution < 1.29 is 19.6 Å². The Kier molecular flexibility index (Phi) is 7.00. The Morgan fingerprint density at radius 3 is 2.71 bits per heavy atom. The van der Waals surface area contributed by atoms with Gasteiger partial charge in [-0.05, 0) is 85.3 Å². The number of hydrogen-bond donors (Lipinski definition) is 3. The van der Waals surface area contributed by atoms with E-state index in [0.717, 1.165) is 68.4 Å². The van der Waals surface area contributed by atoms with Crippen molar-refractivity contribution in [3.05, 3.63) is 70.8 Å². The average molecular weight is 532 g/mol. The summed E-state index contributed by atoms with van der Waals surface area (Å²) in [6, 6.07) is 14.1. The highest BCUT2D eigenvalue weighted by atomic mass is 32.2. The van der Waals surface area contributed by atoms with Gasteiger partial charge in [0.25, 0.3) is 0 Å². The van der Waals surface area contributed by atoms with Gasteiger partial charge in [0.2, 0.25) is 0 Å². The molecular formula is C31H38BNO4S. The van der Waals surface area contributed by atoms with Crippen LogP contribution in [0.1, 0.15) is 74.0 Å². The van der Waals surface area contributed by atoms with Crippen LogP contribution in [-0.2, 0) is 16.8 Å². The van der Waals surface area contributed by atoms with Gasteiger partial charge in [0.05, 0.1) is 6.61 Å². The molecule has 0 saturated heterocycles. The van der Waals surface area contributed by atoms with E-state index in [2.05, 4.69) is 36.6 Å². The third-order valence-corrected chi connectivity index (χ3v) is 11.5. The highest BCUT2D eigenvalue weighted by molar-refractivity contribution is 8.00. The smallest absolute Gasteiger partial charge is 0.488 e. The number of Topliss-reactive ketones (excluding diaryl/α,β-unsaturated/α-hetero) is 1. The molecule has 2 saturated carbocycles. The molecule has 200 valence electrons. The first kappa shape index (κ1) is 26.2. The minimum atomic E-state index is -1.46. The molecule has 4 aliphatic rings. The van der Waals surface area contributed by atoms with Crippen LogP contribution < -0.4 is 15.9 Å². The largest absolute Gasteiger partial charge is 0.492 e. The predicted molar refractivity (Wildman–Crippen MR) is 154 cm³/mol. The number of nitrogens with two attached hydrogens (primary N) is 1. The summed E-state index contributed by atoms with van der Waals surface area (Å²) in [5, 5.41) is 19.2. The van der Waals surface area contributed by atoms with Gasteiger partial charge in [0, 0.05) is 40.5 Å². The fourth-order valence-corrected chi connectivity index (χ4v) is 8.85. The number of benzene rings is 2. The predicted octanol–water partition coefficient (Wildman–Crippen LogP) is 4.23. The van der Waals surface area contributed by atoms with Crippen LogP contribution in [0, 0.1) is 11.8 Å². The molecule has 2 fully saturated rings. The highest BCUT2D eigenvalue weighted by Gasteiger charge is 2.64. The Labute approximate surface area is 230 Å². The molecule has 3 aliphatic carbocycles. The van der Waals surface area contributed by atoms with Crippen molar-refractivity contribution in [3.8, 4) is 5.75 Å². The second-order valence-electron chi connectivity index (χ2n) is 11.9. The van der Waals surface area contributed by atoms with Gasteiger partial charge < -0.3 is 20.5 Å². The van der Waals surface area contributed by atoms with Crippen LogP contribution in [0.2, 0.25) is 0 Å². The molecule has 1 spiro atoms. The lowest BCUT2D eigenvalue weighted by molar-refractivity contribution is -0.116. The molecule has 1 heterocycles. The van der Waals surface area contributed by atoms with Crippen LogP contribution in [0.3, 0.4) is 0 Å². The maximum Gasteiger partial charge on any atom is 0.488 e. The first-order chi connectivity index (χ1) is 18.4. The monoisotopic (exact) mass is 531 g/mol. The molecule has 2 aromatic rings. The minimum absolute atomic E-state index is 0.123. The summed E-state index contributed by atoms with van der Waals surface area (Å²) in [5.74, 6) is 2.62. The highest BCUT2D eigenvalue weighted by Crippen LogP contribution is 2.69. The summed E-state index contributed by atoms with van der Waals surface area (Å²) in [6.45, 7) is 1.33. The Bertz CT molecular complexity index is 1250. The molecule has 6 rings (SSSR count). The molecule has 1 aliphatic heterocycles. The van der Waals surface area contributed by atoms with Gasteiger partial charge in [-0.15, -0.1) is 0 Å². The third kappa shape index (κ3) is 4.45. The van der Waals surface area contributed by atoms with Gasteiger partial charge in [-0.1, -0.05) is 42.5 Å². The summed E-state index contributed by atoms with van der Waals surface area (Å²) >= 11 is 1.90. The number of fused-ring (bicyclic) bond motifs is 3. The van der Waals surface area contributed by atoms with Gasteiger partial charge in [-0.3, -0.25) is 4.79 Å². The summed E-state index contributed by atoms with van der Waals surface area (Å²) < 4.78 is 6.19. The zero-order valence-corrected chi connectivity index (χ0v) is 23.0. The molecule has 5 nitrogen and oxygen atoms in total. The van der Waals surface area contributed by atoms with Crippen LogP contribution in [0.4, 0.5) is 0 Å². The molecule has 3 atom stereocenters. The lowest BCUT2D eigenvalue weighted by atomic mass is 9.67. The Morgan fingerprint density at radius 2 is 1.97 bits per heavy atom. The molecule has 7 heteroatoms. The van der Waals surface area contributed by atoms with Crippen LogP contribution >= 0.6 is 11.8 Å². The van der Waals surface area contributed by atoms with Gasteiger partial charge >= 0.3 is 7.12 Å². The molecule has 0 aromatic heterocycles. The number of allylic oxidation sites excluding steroid dienone is 2. The van der Waals surface area contributed by atoms with E-state index in [0.29, 0.717) is 42.0 Å². The average Bonchev–Trinajstić information content (AvgIpc) is 3.51. The van der Waals surface area contributed by atoms with E-state index in [1.165, 1.54) is 11.1 Å². The van der Waals surface area contributed by atoms with E-state index in [1.807, 2.05) is 23.9 Å². The summed E-state index contributed by atoms with van der Waals surface area (Å²) in [4.78, 5) is 13.3. The number of ketones is 1. The SMILES string of the molecule is CSC12CCC(C(=O)CCC3CCC4(CC3)COc3ccc(CN)cc34)=CC1C2c1cccc(B(O)O)c1. The van der Waals surface area contributed by atoms with Gasteiger partial charge in [-0.25, -0.2) is 0 Å². The van der Waals surface area contributed by atoms with Crippen molar-refractivity contribution >= 4 is 30.1 Å². The molecule has 0 amide bonds. The Balaban J connectivity index is 1.07. The van der Waals surface area contributed by atoms with Crippen molar-refractivity contribution in [1.82, 2.24) is 0 Å². The minimum Gasteiger partial charge on any atom is -0.492 e. The fraction of sp³-hybridized carbons (Fsp3) is 0.516. The number of hydrogen-bond acceptors (Lipinski definition) is 6. The number of carbonyl (C=O) groups is 1. The first-order valence-electron chi connectivity index (χ1n) is 14.1. The van der Waals surface area contributed by atoms with Crippen LogP contribution in [0.25, 0.3) is 0 Å². The van der Waals surface area contributed by atoms with E-state index >= 15 is 0 Å². The number of rotatable bonds is 8. The molecule has 2 aromatic carbocycles. The van der Waals surface area contributed by atoms with E-state index in [9.17, 15) is 14.8 Å². The molecule has 4 N–H and O–H groups in total. The zero-order valence-electron chi connectivity index (χ0n) is 22.2. The Morgan fingerprint density at radius 1 is 1.16 bits per heavy atom. The molecular weight excluding hydrogens is 493 g/mol. The van der Waals surface area contributed by atoms with Gasteiger partial charge in [-0.2, -0.15) is 11.8 Å². The zero-order chi connectivity index (χ0) is 26.5. The van der Waals surface area contributed by atoms with Gasteiger partial charge in [0.15, 0.2) is 5.78 Å². The lowest BCUT2D eigenvalue weighted by Crippen LogP contribution is -2.33. The van der Waals surface area contributed by atoms with Gasteiger partial charge in [0.1, 0.15) is 5.75 Å². The summed E-state index contributed by atoms with van der Waals surface area (Å²) in [7, 11) is -1.46. The fourth-order valence-electron chi connectivity index (χ4n) is 7.60. The van der Waals surface area contributed by atoms with Crippen molar-refractivity contribution in [1.29, 1.82) is 0 Å². The number of ether oxygens (including phenoxy) is 1. The molecule has 0 radical (unpaired) electrons. The van der Waals surface area contributed by atoms with E-state index < -0.39 is 7.12 Å². The molecule has 3 unspecified atom stereocenters. The maximum absolute atomic E-state index is 13.3. The topological polar surface area (TPSA) is 92.8 Å². The van der Waals surface area contributed by atoms with E-state index in [1.54, 1.807) is 6.07 Å². The van der Waals surface area contributed by atoms with Crippen LogP contribution in [-0.4, -0.2) is 40.6 Å². The molecule has 38 heavy (non-hydrogen) atoms. The quantitative estimate of drug-likeness (QED) is 0.442. The number of carbonyl (C=O) groups excluding carboxylic acids is 1. The summed E-state index contributed by atoms with van der Waals surface area (Å²) in [5.41, 5.74) is 11.2. The summed E-state index contributed by atoms with van der Waals surface area (Å²) in [6.07, 6.45) is 12.4. The normalized spacial score (nSPS) is 31.3. The van der Waals surface area contributed by atoms with Crippen molar-refractivity contribution in [2.24, 2.45) is 17.6 Å². The lowest BCUT2D eigenvalue weighted by Gasteiger charge is -2.36.